The van der Waals surface area contributed by atoms with Gasteiger partial charge in [-0.05, 0) is 29.7 Å². The molecule has 0 unspecified atom stereocenters. The van der Waals surface area contributed by atoms with Crippen molar-refractivity contribution in [2.24, 2.45) is 12.0 Å². The van der Waals surface area contributed by atoms with Gasteiger partial charge in [0.15, 0.2) is 5.96 Å². The molecule has 1 aromatic carbocycles. The van der Waals surface area contributed by atoms with Crippen LogP contribution in [0, 0.1) is 0 Å². The lowest BCUT2D eigenvalue weighted by atomic mass is 10.2. The number of aryl methyl sites for hydroxylation is 1. The molecule has 0 fully saturated rings. The highest BCUT2D eigenvalue weighted by atomic mass is 35.5. The molecule has 0 amide bonds. The molecule has 0 saturated heterocycles. The van der Waals surface area contributed by atoms with Crippen LogP contribution in [0.25, 0.3) is 0 Å². The SMILES string of the molecule is CN=C(NCCc1cnn(C)c1)NCc1ccc(Cl)cc1. The predicted octanol–water partition coefficient (Wildman–Crippen LogP) is 1.98. The van der Waals surface area contributed by atoms with E-state index in [1.807, 2.05) is 48.4 Å². The molecule has 2 N–H and O–H groups in total. The van der Waals surface area contributed by atoms with Crippen molar-refractivity contribution < 1.29 is 0 Å². The molecule has 0 radical (unpaired) electrons. The summed E-state index contributed by atoms with van der Waals surface area (Å²) in [5.74, 6) is 0.786. The zero-order valence-electron chi connectivity index (χ0n) is 12.3. The first kappa shape index (κ1) is 15.4. The Kier molecular flexibility index (Phi) is 5.63. The van der Waals surface area contributed by atoms with Gasteiger partial charge >= 0.3 is 0 Å². The molecule has 2 rings (SSSR count). The average molecular weight is 306 g/mol. The highest BCUT2D eigenvalue weighted by Crippen LogP contribution is 2.08. The number of benzene rings is 1. The van der Waals surface area contributed by atoms with Crippen molar-refractivity contribution in [1.82, 2.24) is 20.4 Å². The minimum atomic E-state index is 0.712. The predicted molar refractivity (Wildman–Crippen MR) is 86.6 cm³/mol. The van der Waals surface area contributed by atoms with Gasteiger partial charge in [0.2, 0.25) is 0 Å². The fourth-order valence-corrected chi connectivity index (χ4v) is 2.06. The van der Waals surface area contributed by atoms with Gasteiger partial charge in [-0.25, -0.2) is 0 Å². The minimum absolute atomic E-state index is 0.712. The van der Waals surface area contributed by atoms with Crippen LogP contribution in [0.5, 0.6) is 0 Å². The number of rotatable bonds is 5. The summed E-state index contributed by atoms with van der Waals surface area (Å²) in [5.41, 5.74) is 2.37. The minimum Gasteiger partial charge on any atom is -0.356 e. The monoisotopic (exact) mass is 305 g/mol. The largest absolute Gasteiger partial charge is 0.356 e. The first-order chi connectivity index (χ1) is 10.2. The van der Waals surface area contributed by atoms with Gasteiger partial charge in [0, 0.05) is 38.4 Å². The number of hydrogen-bond donors (Lipinski definition) is 2. The van der Waals surface area contributed by atoms with E-state index in [0.717, 1.165) is 29.5 Å². The molecular weight excluding hydrogens is 286 g/mol. The summed E-state index contributed by atoms with van der Waals surface area (Å²) >= 11 is 5.87. The third kappa shape index (κ3) is 5.11. The third-order valence-corrected chi connectivity index (χ3v) is 3.31. The Morgan fingerprint density at radius 1 is 1.24 bits per heavy atom. The number of hydrogen-bond acceptors (Lipinski definition) is 2. The standard InChI is InChI=1S/C15H20ClN5/c1-17-15(18-8-7-13-10-20-21(2)11-13)19-9-12-3-5-14(16)6-4-12/h3-6,10-11H,7-9H2,1-2H3,(H2,17,18,19). The Labute approximate surface area is 130 Å². The summed E-state index contributed by atoms with van der Waals surface area (Å²) in [7, 11) is 3.69. The Bertz CT molecular complexity index is 588. The summed E-state index contributed by atoms with van der Waals surface area (Å²) in [4.78, 5) is 4.20. The second-order valence-corrected chi connectivity index (χ2v) is 5.19. The van der Waals surface area contributed by atoms with Crippen LogP contribution >= 0.6 is 11.6 Å². The fourth-order valence-electron chi connectivity index (χ4n) is 1.93. The maximum absolute atomic E-state index is 5.87. The topological polar surface area (TPSA) is 54.2 Å². The number of guanidine groups is 1. The Hall–Kier alpha value is -2.01. The summed E-state index contributed by atoms with van der Waals surface area (Å²) in [6, 6.07) is 7.77. The smallest absolute Gasteiger partial charge is 0.191 e. The summed E-state index contributed by atoms with van der Waals surface area (Å²) in [6.07, 6.45) is 4.81. The summed E-state index contributed by atoms with van der Waals surface area (Å²) in [5, 5.41) is 11.5. The van der Waals surface area contributed by atoms with E-state index in [0.29, 0.717) is 6.54 Å². The van der Waals surface area contributed by atoms with Gasteiger partial charge in [-0.3, -0.25) is 9.67 Å². The summed E-state index contributed by atoms with van der Waals surface area (Å²) in [6.45, 7) is 1.52. The molecule has 1 heterocycles. The molecule has 6 heteroatoms. The molecule has 0 atom stereocenters. The van der Waals surface area contributed by atoms with Crippen LogP contribution in [0.15, 0.2) is 41.7 Å². The average Bonchev–Trinajstić information content (AvgIpc) is 2.90. The quantitative estimate of drug-likeness (QED) is 0.656. The molecule has 2 aromatic rings. The van der Waals surface area contributed by atoms with Crippen molar-refractivity contribution in [2.75, 3.05) is 13.6 Å². The highest BCUT2D eigenvalue weighted by Gasteiger charge is 2.00. The number of aliphatic imine (C=N–C) groups is 1. The van der Waals surface area contributed by atoms with Crippen molar-refractivity contribution in [3.8, 4) is 0 Å². The number of nitrogens with one attached hydrogen (secondary N) is 2. The van der Waals surface area contributed by atoms with E-state index in [1.54, 1.807) is 7.05 Å². The first-order valence-corrected chi connectivity index (χ1v) is 7.21. The zero-order chi connectivity index (χ0) is 15.1. The van der Waals surface area contributed by atoms with Crippen LogP contribution in [0.1, 0.15) is 11.1 Å². The zero-order valence-corrected chi connectivity index (χ0v) is 13.1. The maximum Gasteiger partial charge on any atom is 0.191 e. The van der Waals surface area contributed by atoms with Crippen molar-refractivity contribution in [3.63, 3.8) is 0 Å². The molecule has 0 aliphatic carbocycles. The Balaban J connectivity index is 1.74. The molecular formula is C15H20ClN5. The van der Waals surface area contributed by atoms with Crippen LogP contribution in [0.4, 0.5) is 0 Å². The van der Waals surface area contributed by atoms with E-state index >= 15 is 0 Å². The fraction of sp³-hybridized carbons (Fsp3) is 0.333. The van der Waals surface area contributed by atoms with Crippen molar-refractivity contribution in [3.05, 3.63) is 52.8 Å². The van der Waals surface area contributed by atoms with Gasteiger partial charge in [0.1, 0.15) is 0 Å². The van der Waals surface area contributed by atoms with Crippen molar-refractivity contribution >= 4 is 17.6 Å². The van der Waals surface area contributed by atoms with E-state index in [2.05, 4.69) is 20.7 Å². The first-order valence-electron chi connectivity index (χ1n) is 6.84. The van der Waals surface area contributed by atoms with E-state index in [-0.39, 0.29) is 0 Å². The van der Waals surface area contributed by atoms with Gasteiger partial charge in [-0.15, -0.1) is 0 Å². The van der Waals surface area contributed by atoms with E-state index < -0.39 is 0 Å². The van der Waals surface area contributed by atoms with Crippen molar-refractivity contribution in [1.29, 1.82) is 0 Å². The maximum atomic E-state index is 5.87. The molecule has 112 valence electrons. The lowest BCUT2D eigenvalue weighted by molar-refractivity contribution is 0.764. The molecule has 5 nitrogen and oxygen atoms in total. The van der Waals surface area contributed by atoms with Gasteiger partial charge in [0.05, 0.1) is 6.20 Å². The summed E-state index contributed by atoms with van der Waals surface area (Å²) < 4.78 is 1.81. The van der Waals surface area contributed by atoms with Gasteiger partial charge in [-0.1, -0.05) is 23.7 Å². The third-order valence-electron chi connectivity index (χ3n) is 3.06. The van der Waals surface area contributed by atoms with Crippen molar-refractivity contribution in [2.45, 2.75) is 13.0 Å². The highest BCUT2D eigenvalue weighted by molar-refractivity contribution is 6.30. The molecule has 1 aromatic heterocycles. The lowest BCUT2D eigenvalue weighted by Crippen LogP contribution is -2.37. The molecule has 0 saturated carbocycles. The normalized spacial score (nSPS) is 11.5. The van der Waals surface area contributed by atoms with Gasteiger partial charge in [0.25, 0.3) is 0 Å². The van der Waals surface area contributed by atoms with Crippen LogP contribution in [-0.2, 0) is 20.0 Å². The molecule has 0 aliphatic heterocycles. The Morgan fingerprint density at radius 3 is 2.62 bits per heavy atom. The molecule has 0 aliphatic rings. The van der Waals surface area contributed by atoms with Crippen LogP contribution in [0.2, 0.25) is 5.02 Å². The van der Waals surface area contributed by atoms with Crippen LogP contribution < -0.4 is 10.6 Å². The second-order valence-electron chi connectivity index (χ2n) is 4.75. The lowest BCUT2D eigenvalue weighted by Gasteiger charge is -2.11. The molecule has 0 spiro atoms. The van der Waals surface area contributed by atoms with Gasteiger partial charge in [-0.2, -0.15) is 5.10 Å². The second kappa shape index (κ2) is 7.69. The van der Waals surface area contributed by atoms with Crippen LogP contribution in [-0.4, -0.2) is 29.3 Å². The van der Waals surface area contributed by atoms with Gasteiger partial charge < -0.3 is 10.6 Å². The van der Waals surface area contributed by atoms with E-state index in [1.165, 1.54) is 5.56 Å². The number of halogens is 1. The molecule has 21 heavy (non-hydrogen) atoms. The van der Waals surface area contributed by atoms with E-state index in [4.69, 9.17) is 11.6 Å². The number of aromatic nitrogens is 2. The molecule has 0 bridgehead atoms. The Morgan fingerprint density at radius 2 is 2.00 bits per heavy atom. The van der Waals surface area contributed by atoms with E-state index in [9.17, 15) is 0 Å². The number of nitrogens with zero attached hydrogens (tertiary/aromatic N) is 3. The van der Waals surface area contributed by atoms with Crippen LogP contribution in [0.3, 0.4) is 0 Å².